The highest BCUT2D eigenvalue weighted by molar-refractivity contribution is 7.19. The molecule has 0 fully saturated rings. The van der Waals surface area contributed by atoms with Gasteiger partial charge in [-0.15, -0.1) is 0 Å². The zero-order valence-electron chi connectivity index (χ0n) is 7.54. The molecule has 0 unspecified atom stereocenters. The van der Waals surface area contributed by atoms with Crippen molar-refractivity contribution in [3.63, 3.8) is 0 Å². The van der Waals surface area contributed by atoms with Gasteiger partial charge in [0.05, 0.1) is 11.9 Å². The zero-order chi connectivity index (χ0) is 10.7. The van der Waals surface area contributed by atoms with Gasteiger partial charge in [-0.2, -0.15) is 0 Å². The second kappa shape index (κ2) is 4.05. The molecule has 0 saturated carbocycles. The number of anilines is 1. The van der Waals surface area contributed by atoms with E-state index >= 15 is 0 Å². The van der Waals surface area contributed by atoms with E-state index in [1.54, 1.807) is 6.20 Å². The van der Waals surface area contributed by atoms with Gasteiger partial charge in [-0.1, -0.05) is 17.4 Å². The third-order valence-corrected chi connectivity index (χ3v) is 2.56. The Balaban J connectivity index is 2.24. The number of rotatable bonds is 2. The molecule has 2 rings (SSSR count). The van der Waals surface area contributed by atoms with E-state index in [4.69, 9.17) is 5.11 Å². The summed E-state index contributed by atoms with van der Waals surface area (Å²) in [6.45, 7) is 0. The van der Waals surface area contributed by atoms with Crippen LogP contribution in [0.1, 0.15) is 0 Å². The van der Waals surface area contributed by atoms with Crippen LogP contribution in [0.5, 0.6) is 0 Å². The second-order valence-corrected chi connectivity index (χ2v) is 3.71. The SMILES string of the molecule is O=C(O)Nc1cnc(-c2ccccn2)s1. The maximum Gasteiger partial charge on any atom is 0.409 e. The topological polar surface area (TPSA) is 75.1 Å². The third-order valence-electron chi connectivity index (χ3n) is 1.62. The molecule has 0 aliphatic heterocycles. The number of carboxylic acid groups (broad SMARTS) is 1. The largest absolute Gasteiger partial charge is 0.465 e. The van der Waals surface area contributed by atoms with Gasteiger partial charge < -0.3 is 5.11 Å². The highest BCUT2D eigenvalue weighted by atomic mass is 32.1. The van der Waals surface area contributed by atoms with Gasteiger partial charge in [0.25, 0.3) is 0 Å². The van der Waals surface area contributed by atoms with Crippen molar-refractivity contribution in [2.75, 3.05) is 5.32 Å². The lowest BCUT2D eigenvalue weighted by molar-refractivity contribution is 0.210. The Morgan fingerprint density at radius 1 is 1.40 bits per heavy atom. The Morgan fingerprint density at radius 2 is 2.27 bits per heavy atom. The molecule has 2 heterocycles. The average molecular weight is 221 g/mol. The van der Waals surface area contributed by atoms with Crippen LogP contribution in [0.25, 0.3) is 10.7 Å². The van der Waals surface area contributed by atoms with Crippen LogP contribution in [0.3, 0.4) is 0 Å². The van der Waals surface area contributed by atoms with Crippen LogP contribution in [0.4, 0.5) is 9.80 Å². The number of carbonyl (C=O) groups is 1. The molecule has 0 aliphatic rings. The van der Waals surface area contributed by atoms with E-state index in [9.17, 15) is 4.79 Å². The molecule has 0 spiro atoms. The third kappa shape index (κ3) is 2.29. The summed E-state index contributed by atoms with van der Waals surface area (Å²) in [4.78, 5) is 18.6. The van der Waals surface area contributed by atoms with Crippen LogP contribution in [-0.2, 0) is 0 Å². The number of hydrogen-bond donors (Lipinski definition) is 2. The molecule has 0 radical (unpaired) electrons. The first-order chi connectivity index (χ1) is 7.25. The predicted octanol–water partition coefficient (Wildman–Crippen LogP) is 2.30. The first-order valence-electron chi connectivity index (χ1n) is 4.13. The smallest absolute Gasteiger partial charge is 0.409 e. The number of hydrogen-bond acceptors (Lipinski definition) is 4. The summed E-state index contributed by atoms with van der Waals surface area (Å²) < 4.78 is 0. The number of amides is 1. The fraction of sp³-hybridized carbons (Fsp3) is 0. The number of nitrogens with zero attached hydrogens (tertiary/aromatic N) is 2. The average Bonchev–Trinajstić information content (AvgIpc) is 2.67. The van der Waals surface area contributed by atoms with Gasteiger partial charge in [0, 0.05) is 6.20 Å². The first kappa shape index (κ1) is 9.60. The fourth-order valence-corrected chi connectivity index (χ4v) is 1.83. The molecule has 6 heteroatoms. The molecule has 1 amide bonds. The Bertz CT molecular complexity index is 469. The Morgan fingerprint density at radius 3 is 2.93 bits per heavy atom. The van der Waals surface area contributed by atoms with Crippen molar-refractivity contribution in [3.8, 4) is 10.7 Å². The van der Waals surface area contributed by atoms with Gasteiger partial charge in [-0.3, -0.25) is 10.3 Å². The fourth-order valence-electron chi connectivity index (χ4n) is 1.04. The molecule has 2 N–H and O–H groups in total. The van der Waals surface area contributed by atoms with Crippen LogP contribution in [-0.4, -0.2) is 21.2 Å². The van der Waals surface area contributed by atoms with Crippen LogP contribution in [0.15, 0.2) is 30.6 Å². The van der Waals surface area contributed by atoms with E-state index in [2.05, 4.69) is 15.3 Å². The van der Waals surface area contributed by atoms with Crippen molar-refractivity contribution in [1.82, 2.24) is 9.97 Å². The Hall–Kier alpha value is -1.95. The van der Waals surface area contributed by atoms with Crippen molar-refractivity contribution < 1.29 is 9.90 Å². The van der Waals surface area contributed by atoms with Crippen molar-refractivity contribution in [2.45, 2.75) is 0 Å². The molecule has 0 saturated heterocycles. The van der Waals surface area contributed by atoms with E-state index < -0.39 is 6.09 Å². The highest BCUT2D eigenvalue weighted by Gasteiger charge is 2.06. The van der Waals surface area contributed by atoms with Gasteiger partial charge in [-0.25, -0.2) is 9.78 Å². The van der Waals surface area contributed by atoms with Gasteiger partial charge in [0.15, 0.2) is 0 Å². The molecule has 5 nitrogen and oxygen atoms in total. The van der Waals surface area contributed by atoms with E-state index in [1.165, 1.54) is 17.5 Å². The molecule has 0 bridgehead atoms. The molecule has 0 atom stereocenters. The molecule has 15 heavy (non-hydrogen) atoms. The van der Waals surface area contributed by atoms with Crippen LogP contribution < -0.4 is 5.32 Å². The summed E-state index contributed by atoms with van der Waals surface area (Å²) in [7, 11) is 0. The predicted molar refractivity (Wildman–Crippen MR) is 57.0 cm³/mol. The monoisotopic (exact) mass is 221 g/mol. The molecule has 0 aliphatic carbocycles. The highest BCUT2D eigenvalue weighted by Crippen LogP contribution is 2.26. The van der Waals surface area contributed by atoms with Gasteiger partial charge in [-0.05, 0) is 12.1 Å². The lowest BCUT2D eigenvalue weighted by atomic mass is 10.4. The standard InChI is InChI=1S/C9H7N3O2S/c13-9(14)12-7-5-11-8(15-7)6-3-1-2-4-10-6/h1-5,12H,(H,13,14). The van der Waals surface area contributed by atoms with E-state index in [0.717, 1.165) is 5.69 Å². The van der Waals surface area contributed by atoms with Crippen LogP contribution in [0, 0.1) is 0 Å². The molecular formula is C9H7N3O2S. The molecule has 2 aromatic rings. The Kier molecular flexibility index (Phi) is 2.59. The Labute approximate surface area is 89.4 Å². The lowest BCUT2D eigenvalue weighted by Gasteiger charge is -1.93. The lowest BCUT2D eigenvalue weighted by Crippen LogP contribution is -2.05. The first-order valence-corrected chi connectivity index (χ1v) is 4.94. The van der Waals surface area contributed by atoms with Crippen molar-refractivity contribution in [2.24, 2.45) is 0 Å². The van der Waals surface area contributed by atoms with Crippen LogP contribution >= 0.6 is 11.3 Å². The summed E-state index contributed by atoms with van der Waals surface area (Å²) >= 11 is 1.25. The van der Waals surface area contributed by atoms with Gasteiger partial charge >= 0.3 is 6.09 Å². The van der Waals surface area contributed by atoms with Crippen LogP contribution in [0.2, 0.25) is 0 Å². The van der Waals surface area contributed by atoms with E-state index in [0.29, 0.717) is 10.0 Å². The number of thiazole rings is 1. The van der Waals surface area contributed by atoms with Crippen molar-refractivity contribution >= 4 is 22.4 Å². The summed E-state index contributed by atoms with van der Waals surface area (Å²) in [5.74, 6) is 0. The molecule has 2 aromatic heterocycles. The zero-order valence-corrected chi connectivity index (χ0v) is 8.36. The van der Waals surface area contributed by atoms with Crippen molar-refractivity contribution in [1.29, 1.82) is 0 Å². The number of aromatic nitrogens is 2. The molecule has 76 valence electrons. The minimum absolute atomic E-state index is 0.489. The summed E-state index contributed by atoms with van der Waals surface area (Å²) in [6.07, 6.45) is 2.05. The number of pyridine rings is 1. The van der Waals surface area contributed by atoms with E-state index in [1.807, 2.05) is 18.2 Å². The number of nitrogens with one attached hydrogen (secondary N) is 1. The molecular weight excluding hydrogens is 214 g/mol. The quantitative estimate of drug-likeness (QED) is 0.815. The summed E-state index contributed by atoms with van der Waals surface area (Å²) in [5.41, 5.74) is 0.737. The van der Waals surface area contributed by atoms with Gasteiger partial charge in [0.2, 0.25) is 0 Å². The minimum atomic E-state index is -1.09. The minimum Gasteiger partial charge on any atom is -0.465 e. The summed E-state index contributed by atoms with van der Waals surface area (Å²) in [6, 6.07) is 5.49. The second-order valence-electron chi connectivity index (χ2n) is 2.67. The maximum atomic E-state index is 10.4. The summed E-state index contributed by atoms with van der Waals surface area (Å²) in [5, 5.41) is 11.9. The van der Waals surface area contributed by atoms with Gasteiger partial charge in [0.1, 0.15) is 10.0 Å². The van der Waals surface area contributed by atoms with Crippen molar-refractivity contribution in [3.05, 3.63) is 30.6 Å². The van der Waals surface area contributed by atoms with E-state index in [-0.39, 0.29) is 0 Å². The normalized spacial score (nSPS) is 9.87. The maximum absolute atomic E-state index is 10.4. The molecule has 0 aromatic carbocycles.